The number of carbonyl (C=O) groups is 1. The van der Waals surface area contributed by atoms with Crippen LogP contribution in [0, 0.1) is 6.92 Å². The maximum atomic E-state index is 12.6. The SMILES string of the molecule is COc1ccc(-c2cnn3c(SCC(=O)N[C@@H](C)c4ccccc4)cc(C)nc23)cc1OC. The van der Waals surface area contributed by atoms with Crippen molar-refractivity contribution in [3.63, 3.8) is 0 Å². The number of hydrogen-bond acceptors (Lipinski definition) is 6. The Bertz CT molecular complexity index is 1270. The summed E-state index contributed by atoms with van der Waals surface area (Å²) < 4.78 is 12.6. The van der Waals surface area contributed by atoms with Gasteiger partial charge in [0.1, 0.15) is 5.03 Å². The lowest BCUT2D eigenvalue weighted by molar-refractivity contribution is -0.119. The van der Waals surface area contributed by atoms with E-state index in [1.165, 1.54) is 11.8 Å². The van der Waals surface area contributed by atoms with Gasteiger partial charge in [0.2, 0.25) is 5.91 Å². The number of nitrogens with zero attached hydrogens (tertiary/aromatic N) is 3. The number of aryl methyl sites for hydroxylation is 1. The van der Waals surface area contributed by atoms with E-state index < -0.39 is 0 Å². The summed E-state index contributed by atoms with van der Waals surface area (Å²) >= 11 is 1.44. The minimum Gasteiger partial charge on any atom is -0.493 e. The van der Waals surface area contributed by atoms with Gasteiger partial charge in [0.25, 0.3) is 0 Å². The summed E-state index contributed by atoms with van der Waals surface area (Å²) in [5.74, 6) is 1.54. The van der Waals surface area contributed by atoms with Crippen LogP contribution in [0.3, 0.4) is 0 Å². The number of methoxy groups -OCH3 is 2. The molecule has 0 saturated heterocycles. The highest BCUT2D eigenvalue weighted by Gasteiger charge is 2.16. The second-order valence-corrected chi connectivity index (χ2v) is 8.58. The van der Waals surface area contributed by atoms with Crippen LogP contribution in [0.4, 0.5) is 0 Å². The highest BCUT2D eigenvalue weighted by atomic mass is 32.2. The van der Waals surface area contributed by atoms with Crippen molar-refractivity contribution in [2.24, 2.45) is 0 Å². The van der Waals surface area contributed by atoms with Gasteiger partial charge in [0.05, 0.1) is 32.2 Å². The number of nitrogens with one attached hydrogen (secondary N) is 1. The summed E-state index contributed by atoms with van der Waals surface area (Å²) in [6.07, 6.45) is 1.78. The van der Waals surface area contributed by atoms with E-state index in [9.17, 15) is 4.79 Å². The van der Waals surface area contributed by atoms with Gasteiger partial charge in [0, 0.05) is 11.3 Å². The first-order chi connectivity index (χ1) is 16.0. The van der Waals surface area contributed by atoms with Crippen molar-refractivity contribution in [3.05, 3.63) is 72.1 Å². The molecule has 8 heteroatoms. The largest absolute Gasteiger partial charge is 0.493 e. The molecule has 0 fully saturated rings. The van der Waals surface area contributed by atoms with Crippen molar-refractivity contribution < 1.29 is 14.3 Å². The van der Waals surface area contributed by atoms with Crippen LogP contribution in [0.15, 0.2) is 65.8 Å². The first-order valence-corrected chi connectivity index (χ1v) is 11.5. The Morgan fingerprint density at radius 3 is 2.58 bits per heavy atom. The molecule has 0 spiro atoms. The highest BCUT2D eigenvalue weighted by Crippen LogP contribution is 2.34. The van der Waals surface area contributed by atoms with Crippen LogP contribution in [0.5, 0.6) is 11.5 Å². The molecule has 0 bridgehead atoms. The average Bonchev–Trinajstić information content (AvgIpc) is 3.26. The molecule has 1 amide bonds. The van der Waals surface area contributed by atoms with Gasteiger partial charge in [-0.05, 0) is 43.2 Å². The molecule has 4 aromatic rings. The average molecular weight is 463 g/mol. The Morgan fingerprint density at radius 1 is 1.09 bits per heavy atom. The lowest BCUT2D eigenvalue weighted by atomic mass is 10.1. The Labute approximate surface area is 197 Å². The molecule has 2 heterocycles. The van der Waals surface area contributed by atoms with Crippen molar-refractivity contribution in [2.75, 3.05) is 20.0 Å². The van der Waals surface area contributed by atoms with Crippen LogP contribution in [0.1, 0.15) is 24.2 Å². The van der Waals surface area contributed by atoms with Gasteiger partial charge in [-0.3, -0.25) is 4.79 Å². The smallest absolute Gasteiger partial charge is 0.230 e. The summed E-state index contributed by atoms with van der Waals surface area (Å²) in [5, 5.41) is 8.46. The van der Waals surface area contributed by atoms with Crippen molar-refractivity contribution in [1.29, 1.82) is 0 Å². The van der Waals surface area contributed by atoms with Crippen molar-refractivity contribution in [3.8, 4) is 22.6 Å². The molecule has 4 rings (SSSR count). The second-order valence-electron chi connectivity index (χ2n) is 7.59. The Hall–Kier alpha value is -3.52. The fourth-order valence-electron chi connectivity index (χ4n) is 3.61. The van der Waals surface area contributed by atoms with Gasteiger partial charge >= 0.3 is 0 Å². The number of fused-ring (bicyclic) bond motifs is 1. The van der Waals surface area contributed by atoms with Crippen LogP contribution in [-0.2, 0) is 4.79 Å². The quantitative estimate of drug-likeness (QED) is 0.302. The van der Waals surface area contributed by atoms with E-state index in [0.29, 0.717) is 11.5 Å². The first kappa shape index (κ1) is 22.7. The molecule has 0 unspecified atom stereocenters. The van der Waals surface area contributed by atoms with E-state index >= 15 is 0 Å². The third-order valence-electron chi connectivity index (χ3n) is 5.29. The number of amides is 1. The number of benzene rings is 2. The Morgan fingerprint density at radius 2 is 1.85 bits per heavy atom. The summed E-state index contributed by atoms with van der Waals surface area (Å²) in [4.78, 5) is 17.3. The Kier molecular flexibility index (Phi) is 6.84. The normalized spacial score (nSPS) is 11.9. The number of thioether (sulfide) groups is 1. The fourth-order valence-corrected chi connectivity index (χ4v) is 4.48. The number of aromatic nitrogens is 3. The molecular weight excluding hydrogens is 436 g/mol. The van der Waals surface area contributed by atoms with Crippen LogP contribution in [0.2, 0.25) is 0 Å². The molecule has 170 valence electrons. The van der Waals surface area contributed by atoms with Gasteiger partial charge in [-0.1, -0.05) is 48.2 Å². The van der Waals surface area contributed by atoms with E-state index in [4.69, 9.17) is 14.5 Å². The molecule has 1 atom stereocenters. The van der Waals surface area contributed by atoms with Gasteiger partial charge in [0.15, 0.2) is 17.1 Å². The van der Waals surface area contributed by atoms with Crippen LogP contribution in [0.25, 0.3) is 16.8 Å². The van der Waals surface area contributed by atoms with E-state index in [-0.39, 0.29) is 17.7 Å². The number of carbonyl (C=O) groups excluding carboxylic acids is 1. The topological polar surface area (TPSA) is 77.8 Å². The van der Waals surface area contributed by atoms with E-state index in [2.05, 4.69) is 10.4 Å². The lowest BCUT2D eigenvalue weighted by Gasteiger charge is -2.14. The highest BCUT2D eigenvalue weighted by molar-refractivity contribution is 7.99. The molecule has 2 aromatic heterocycles. The fraction of sp³-hybridized carbons (Fsp3) is 0.240. The molecule has 33 heavy (non-hydrogen) atoms. The molecular formula is C25H26N4O3S. The number of rotatable bonds is 8. The molecule has 0 aliphatic rings. The van der Waals surface area contributed by atoms with E-state index in [1.807, 2.05) is 68.4 Å². The maximum absolute atomic E-state index is 12.6. The predicted octanol–water partition coefficient (Wildman–Crippen LogP) is 4.69. The van der Waals surface area contributed by atoms with Gasteiger partial charge < -0.3 is 14.8 Å². The summed E-state index contributed by atoms with van der Waals surface area (Å²) in [6.45, 7) is 3.92. The molecule has 2 aromatic carbocycles. The molecule has 0 saturated carbocycles. The number of hydrogen-bond donors (Lipinski definition) is 1. The zero-order valence-corrected chi connectivity index (χ0v) is 19.8. The van der Waals surface area contributed by atoms with Gasteiger partial charge in [-0.2, -0.15) is 5.10 Å². The molecule has 1 N–H and O–H groups in total. The van der Waals surface area contributed by atoms with Gasteiger partial charge in [-0.15, -0.1) is 0 Å². The van der Waals surface area contributed by atoms with Crippen LogP contribution >= 0.6 is 11.8 Å². The molecule has 0 aliphatic carbocycles. The van der Waals surface area contributed by atoms with Crippen molar-refractivity contribution >= 4 is 23.3 Å². The second kappa shape index (κ2) is 9.95. The number of ether oxygens (including phenoxy) is 2. The Balaban J connectivity index is 1.55. The van der Waals surface area contributed by atoms with Crippen molar-refractivity contribution in [1.82, 2.24) is 19.9 Å². The maximum Gasteiger partial charge on any atom is 0.230 e. The summed E-state index contributed by atoms with van der Waals surface area (Å²) in [6, 6.07) is 17.5. The zero-order chi connectivity index (χ0) is 23.4. The minimum absolute atomic E-state index is 0.0359. The lowest BCUT2D eigenvalue weighted by Crippen LogP contribution is -2.28. The molecule has 0 aliphatic heterocycles. The molecule has 0 radical (unpaired) electrons. The third-order valence-corrected chi connectivity index (χ3v) is 6.28. The summed E-state index contributed by atoms with van der Waals surface area (Å²) in [7, 11) is 3.22. The third kappa shape index (κ3) is 4.96. The summed E-state index contributed by atoms with van der Waals surface area (Å²) in [5.41, 5.74) is 4.45. The zero-order valence-electron chi connectivity index (χ0n) is 19.0. The van der Waals surface area contributed by atoms with E-state index in [1.54, 1.807) is 24.9 Å². The monoisotopic (exact) mass is 462 g/mol. The standard InChI is InChI=1S/C25H26N4O3S/c1-16-12-24(33-15-23(30)28-17(2)18-8-6-5-7-9-18)29-25(27-16)20(14-26-29)19-10-11-21(31-3)22(13-19)32-4/h5-14,17H,15H2,1-4H3,(H,28,30)/t17-/m0/s1. The minimum atomic E-state index is -0.0557. The van der Waals surface area contributed by atoms with Crippen LogP contribution in [-0.4, -0.2) is 40.5 Å². The van der Waals surface area contributed by atoms with Crippen LogP contribution < -0.4 is 14.8 Å². The predicted molar refractivity (Wildman–Crippen MR) is 130 cm³/mol. The molecule has 7 nitrogen and oxygen atoms in total. The van der Waals surface area contributed by atoms with Gasteiger partial charge in [-0.25, -0.2) is 9.50 Å². The van der Waals surface area contributed by atoms with Crippen molar-refractivity contribution in [2.45, 2.75) is 24.9 Å². The van der Waals surface area contributed by atoms with E-state index in [0.717, 1.165) is 33.1 Å². The first-order valence-electron chi connectivity index (χ1n) is 10.5.